The van der Waals surface area contributed by atoms with Crippen molar-refractivity contribution >= 4 is 0 Å². The van der Waals surface area contributed by atoms with Gasteiger partial charge < -0.3 is 0 Å². The maximum absolute atomic E-state index is 2.40. The number of rotatable bonds is 6. The Hall–Kier alpha value is -0.780. The highest BCUT2D eigenvalue weighted by Gasteiger charge is 2.04. The lowest BCUT2D eigenvalue weighted by molar-refractivity contribution is 0.778. The fourth-order valence-corrected chi connectivity index (χ4v) is 2.36. The minimum atomic E-state index is 1.24. The molecule has 1 aromatic rings. The second kappa shape index (κ2) is 6.73. The van der Waals surface area contributed by atoms with Crippen molar-refractivity contribution in [3.8, 4) is 0 Å². The van der Waals surface area contributed by atoms with Crippen LogP contribution in [0.1, 0.15) is 61.8 Å². The van der Waals surface area contributed by atoms with Crippen molar-refractivity contribution in [3.63, 3.8) is 0 Å². The van der Waals surface area contributed by atoms with Crippen LogP contribution < -0.4 is 0 Å². The second-order valence-corrected chi connectivity index (χ2v) is 4.92. The summed E-state index contributed by atoms with van der Waals surface area (Å²) in [5.41, 5.74) is 6.11. The maximum atomic E-state index is 2.40. The van der Waals surface area contributed by atoms with Crippen LogP contribution in [0.25, 0.3) is 0 Å². The minimum Gasteiger partial charge on any atom is -0.0654 e. The lowest BCUT2D eigenvalue weighted by Gasteiger charge is -2.12. The van der Waals surface area contributed by atoms with E-state index in [1.165, 1.54) is 55.2 Å². The third kappa shape index (κ3) is 3.66. The predicted octanol–water partition coefficient (Wildman–Crippen LogP) is 4.99. The van der Waals surface area contributed by atoms with E-state index in [9.17, 15) is 0 Å². The predicted molar refractivity (Wildman–Crippen MR) is 73.1 cm³/mol. The lowest BCUT2D eigenvalue weighted by Crippen LogP contribution is -1.97. The molecule has 0 bridgehead atoms. The van der Waals surface area contributed by atoms with Crippen molar-refractivity contribution in [1.29, 1.82) is 0 Å². The molecule has 0 saturated carbocycles. The molecule has 1 rings (SSSR count). The first-order valence-electron chi connectivity index (χ1n) is 6.78. The SMILES string of the molecule is CCCCc1cc(C)c(CCCC)c(C)c1. The van der Waals surface area contributed by atoms with Crippen LogP contribution in [0.5, 0.6) is 0 Å². The number of hydrogen-bond acceptors (Lipinski definition) is 0. The summed E-state index contributed by atoms with van der Waals surface area (Å²) in [6.45, 7) is 9.07. The van der Waals surface area contributed by atoms with Crippen molar-refractivity contribution in [2.24, 2.45) is 0 Å². The van der Waals surface area contributed by atoms with Gasteiger partial charge in [-0.05, 0) is 61.8 Å². The Morgan fingerprint density at radius 1 is 0.812 bits per heavy atom. The zero-order valence-corrected chi connectivity index (χ0v) is 11.4. The Labute approximate surface area is 101 Å². The molecule has 0 saturated heterocycles. The van der Waals surface area contributed by atoms with E-state index in [1.807, 2.05) is 0 Å². The number of hydrogen-bond donors (Lipinski definition) is 0. The molecule has 0 heteroatoms. The standard InChI is InChI=1S/C16H26/c1-5-7-9-15-11-13(3)16(10-8-6-2)14(4)12-15/h11-12H,5-10H2,1-4H3. The Morgan fingerprint density at radius 3 is 1.81 bits per heavy atom. The minimum absolute atomic E-state index is 1.24. The smallest absolute Gasteiger partial charge is 0.0274 e. The van der Waals surface area contributed by atoms with E-state index < -0.39 is 0 Å². The summed E-state index contributed by atoms with van der Waals surface area (Å²) >= 11 is 0. The largest absolute Gasteiger partial charge is 0.0654 e. The van der Waals surface area contributed by atoms with E-state index in [4.69, 9.17) is 0 Å². The van der Waals surface area contributed by atoms with Gasteiger partial charge in [0, 0.05) is 0 Å². The van der Waals surface area contributed by atoms with E-state index in [2.05, 4.69) is 39.8 Å². The third-order valence-electron chi connectivity index (χ3n) is 3.36. The summed E-state index contributed by atoms with van der Waals surface area (Å²) in [5, 5.41) is 0. The zero-order chi connectivity index (χ0) is 12.0. The van der Waals surface area contributed by atoms with Crippen LogP contribution >= 0.6 is 0 Å². The number of benzene rings is 1. The molecule has 0 nitrogen and oxygen atoms in total. The molecule has 0 aliphatic heterocycles. The monoisotopic (exact) mass is 218 g/mol. The van der Waals surface area contributed by atoms with Gasteiger partial charge in [0.1, 0.15) is 0 Å². The van der Waals surface area contributed by atoms with Crippen LogP contribution in [-0.4, -0.2) is 0 Å². The van der Waals surface area contributed by atoms with Crippen molar-refractivity contribution < 1.29 is 0 Å². The summed E-state index contributed by atoms with van der Waals surface area (Å²) < 4.78 is 0. The molecule has 0 N–H and O–H groups in total. The summed E-state index contributed by atoms with van der Waals surface area (Å²) in [5.74, 6) is 0. The van der Waals surface area contributed by atoms with Crippen LogP contribution in [0.15, 0.2) is 12.1 Å². The van der Waals surface area contributed by atoms with E-state index in [0.29, 0.717) is 0 Å². The fraction of sp³-hybridized carbons (Fsp3) is 0.625. The van der Waals surface area contributed by atoms with Crippen molar-refractivity contribution in [1.82, 2.24) is 0 Å². The first kappa shape index (κ1) is 13.3. The quantitative estimate of drug-likeness (QED) is 0.631. The molecule has 16 heavy (non-hydrogen) atoms. The molecule has 0 atom stereocenters. The Balaban J connectivity index is 2.80. The normalized spacial score (nSPS) is 10.8. The fourth-order valence-electron chi connectivity index (χ4n) is 2.36. The Bertz CT molecular complexity index is 300. The van der Waals surface area contributed by atoms with Crippen molar-refractivity contribution in [3.05, 3.63) is 34.4 Å². The molecule has 1 aromatic carbocycles. The van der Waals surface area contributed by atoms with Crippen molar-refractivity contribution in [2.75, 3.05) is 0 Å². The highest BCUT2D eigenvalue weighted by Crippen LogP contribution is 2.20. The van der Waals surface area contributed by atoms with Crippen molar-refractivity contribution in [2.45, 2.75) is 66.2 Å². The van der Waals surface area contributed by atoms with E-state index >= 15 is 0 Å². The van der Waals surface area contributed by atoms with Crippen LogP contribution in [0.2, 0.25) is 0 Å². The van der Waals surface area contributed by atoms with Gasteiger partial charge in [-0.3, -0.25) is 0 Å². The highest BCUT2D eigenvalue weighted by molar-refractivity contribution is 5.38. The van der Waals surface area contributed by atoms with Crippen LogP contribution in [0, 0.1) is 13.8 Å². The zero-order valence-electron chi connectivity index (χ0n) is 11.4. The van der Waals surface area contributed by atoms with Gasteiger partial charge in [-0.2, -0.15) is 0 Å². The lowest BCUT2D eigenvalue weighted by atomic mass is 9.94. The summed E-state index contributed by atoms with van der Waals surface area (Å²) in [6, 6.07) is 4.79. The molecule has 0 aliphatic carbocycles. The third-order valence-corrected chi connectivity index (χ3v) is 3.36. The highest BCUT2D eigenvalue weighted by atomic mass is 14.1. The maximum Gasteiger partial charge on any atom is -0.0274 e. The van der Waals surface area contributed by atoms with Crippen LogP contribution in [0.4, 0.5) is 0 Å². The molecule has 0 spiro atoms. The molecule has 0 heterocycles. The Kier molecular flexibility index (Phi) is 5.59. The van der Waals surface area contributed by atoms with E-state index in [1.54, 1.807) is 5.56 Å². The molecule has 90 valence electrons. The van der Waals surface area contributed by atoms with Gasteiger partial charge in [-0.15, -0.1) is 0 Å². The average molecular weight is 218 g/mol. The van der Waals surface area contributed by atoms with Gasteiger partial charge in [-0.25, -0.2) is 0 Å². The summed E-state index contributed by atoms with van der Waals surface area (Å²) in [4.78, 5) is 0. The molecule has 0 fully saturated rings. The van der Waals surface area contributed by atoms with Crippen LogP contribution in [-0.2, 0) is 12.8 Å². The molecule has 0 radical (unpaired) electrons. The summed E-state index contributed by atoms with van der Waals surface area (Å²) in [7, 11) is 0. The molecular formula is C16H26. The van der Waals surface area contributed by atoms with Gasteiger partial charge in [0.05, 0.1) is 0 Å². The number of aryl methyl sites for hydroxylation is 3. The van der Waals surface area contributed by atoms with Gasteiger partial charge in [0.2, 0.25) is 0 Å². The topological polar surface area (TPSA) is 0 Å². The Morgan fingerprint density at radius 2 is 1.31 bits per heavy atom. The van der Waals surface area contributed by atoms with E-state index in [0.717, 1.165) is 0 Å². The molecule has 0 amide bonds. The van der Waals surface area contributed by atoms with E-state index in [-0.39, 0.29) is 0 Å². The van der Waals surface area contributed by atoms with Crippen LogP contribution in [0.3, 0.4) is 0 Å². The average Bonchev–Trinajstić information content (AvgIpc) is 2.25. The van der Waals surface area contributed by atoms with Gasteiger partial charge >= 0.3 is 0 Å². The molecule has 0 aromatic heterocycles. The molecule has 0 aliphatic rings. The first-order chi connectivity index (χ1) is 7.69. The van der Waals surface area contributed by atoms with Gasteiger partial charge in [-0.1, -0.05) is 38.8 Å². The van der Waals surface area contributed by atoms with Gasteiger partial charge in [0.15, 0.2) is 0 Å². The summed E-state index contributed by atoms with van der Waals surface area (Å²) in [6.07, 6.45) is 7.70. The first-order valence-corrected chi connectivity index (χ1v) is 6.78. The molecular weight excluding hydrogens is 192 g/mol. The molecule has 0 unspecified atom stereocenters. The van der Waals surface area contributed by atoms with Gasteiger partial charge in [0.25, 0.3) is 0 Å². The second-order valence-electron chi connectivity index (χ2n) is 4.92. The number of unbranched alkanes of at least 4 members (excludes halogenated alkanes) is 2.